The summed E-state index contributed by atoms with van der Waals surface area (Å²) in [5, 5.41) is 5.53. The number of nitrogens with zero attached hydrogens (tertiary/aromatic N) is 1. The van der Waals surface area contributed by atoms with Crippen LogP contribution in [0.4, 0.5) is 5.69 Å². The van der Waals surface area contributed by atoms with Gasteiger partial charge in [0.2, 0.25) is 5.91 Å². The van der Waals surface area contributed by atoms with Crippen LogP contribution in [0.1, 0.15) is 23.7 Å². The molecule has 0 aliphatic heterocycles. The number of nitrogens with two attached hydrogens (primary N) is 1. The zero-order valence-electron chi connectivity index (χ0n) is 9.69. The molecule has 0 radical (unpaired) electrons. The molecule has 92 valence electrons. The second-order valence-electron chi connectivity index (χ2n) is 3.50. The van der Waals surface area contributed by atoms with E-state index >= 15 is 0 Å². The van der Waals surface area contributed by atoms with Crippen LogP contribution in [0.15, 0.2) is 18.5 Å². The van der Waals surface area contributed by atoms with Crippen LogP contribution in [-0.4, -0.2) is 29.9 Å². The lowest BCUT2D eigenvalue weighted by Crippen LogP contribution is -2.33. The minimum absolute atomic E-state index is 0.172. The Morgan fingerprint density at radius 1 is 1.47 bits per heavy atom. The Bertz CT molecular complexity index is 406. The van der Waals surface area contributed by atoms with Crippen molar-refractivity contribution in [3.8, 4) is 0 Å². The van der Waals surface area contributed by atoms with Crippen molar-refractivity contribution in [2.75, 3.05) is 18.4 Å². The molecule has 0 aromatic carbocycles. The predicted octanol–water partition coefficient (Wildman–Crippen LogP) is 0.119. The third-order valence-corrected chi connectivity index (χ3v) is 2.05. The van der Waals surface area contributed by atoms with E-state index < -0.39 is 5.91 Å². The van der Waals surface area contributed by atoms with Crippen molar-refractivity contribution < 1.29 is 9.59 Å². The first kappa shape index (κ1) is 13.0. The molecule has 0 fully saturated rings. The second kappa shape index (κ2) is 6.47. The molecule has 6 nitrogen and oxygen atoms in total. The number of nitrogens with one attached hydrogen (secondary N) is 2. The first-order chi connectivity index (χ1) is 8.15. The Hall–Kier alpha value is -2.11. The highest BCUT2D eigenvalue weighted by atomic mass is 16.2. The number of carbonyl (C=O) groups excluding carboxylic acids is 2. The average Bonchev–Trinajstić information content (AvgIpc) is 2.33. The lowest BCUT2D eigenvalue weighted by atomic mass is 10.2. The minimum atomic E-state index is -0.574. The Morgan fingerprint density at radius 2 is 2.24 bits per heavy atom. The largest absolute Gasteiger partial charge is 0.383 e. The number of hydrogen-bond donors (Lipinski definition) is 3. The molecule has 17 heavy (non-hydrogen) atoms. The summed E-state index contributed by atoms with van der Waals surface area (Å²) in [7, 11) is 0. The maximum atomic E-state index is 11.7. The Morgan fingerprint density at radius 3 is 2.88 bits per heavy atom. The van der Waals surface area contributed by atoms with Crippen LogP contribution in [0, 0.1) is 0 Å². The minimum Gasteiger partial charge on any atom is -0.383 e. The van der Waals surface area contributed by atoms with Crippen molar-refractivity contribution in [1.29, 1.82) is 0 Å². The van der Waals surface area contributed by atoms with Gasteiger partial charge in [0.05, 0.1) is 24.0 Å². The van der Waals surface area contributed by atoms with Gasteiger partial charge < -0.3 is 16.4 Å². The number of carbonyl (C=O) groups is 2. The standard InChI is InChI=1S/C11H16N4O2/c1-2-4-14-9-6-13-5-3-8(9)11(17)15-7-10(12)16/h3,5-6,14H,2,4,7H2,1H3,(H2,12,16)(H,15,17). The van der Waals surface area contributed by atoms with E-state index in [1.807, 2.05) is 6.92 Å². The van der Waals surface area contributed by atoms with E-state index in [9.17, 15) is 9.59 Å². The van der Waals surface area contributed by atoms with Crippen molar-refractivity contribution in [3.05, 3.63) is 24.0 Å². The van der Waals surface area contributed by atoms with Gasteiger partial charge in [-0.25, -0.2) is 0 Å². The van der Waals surface area contributed by atoms with Gasteiger partial charge in [-0.2, -0.15) is 0 Å². The van der Waals surface area contributed by atoms with Gasteiger partial charge in [-0.3, -0.25) is 14.6 Å². The van der Waals surface area contributed by atoms with Crippen molar-refractivity contribution in [2.24, 2.45) is 5.73 Å². The van der Waals surface area contributed by atoms with Gasteiger partial charge in [0.1, 0.15) is 0 Å². The van der Waals surface area contributed by atoms with Gasteiger partial charge in [-0.15, -0.1) is 0 Å². The number of amides is 2. The molecule has 1 aromatic rings. The number of aromatic nitrogens is 1. The van der Waals surface area contributed by atoms with Crippen LogP contribution in [0.2, 0.25) is 0 Å². The average molecular weight is 236 g/mol. The Balaban J connectivity index is 2.74. The van der Waals surface area contributed by atoms with Crippen LogP contribution in [0.5, 0.6) is 0 Å². The zero-order valence-corrected chi connectivity index (χ0v) is 9.69. The van der Waals surface area contributed by atoms with E-state index in [1.54, 1.807) is 12.3 Å². The summed E-state index contributed by atoms with van der Waals surface area (Å²) in [4.78, 5) is 26.3. The molecule has 0 aliphatic rings. The highest BCUT2D eigenvalue weighted by Crippen LogP contribution is 2.12. The van der Waals surface area contributed by atoms with E-state index in [0.717, 1.165) is 13.0 Å². The van der Waals surface area contributed by atoms with Gasteiger partial charge in [0, 0.05) is 12.7 Å². The summed E-state index contributed by atoms with van der Waals surface area (Å²) in [5.41, 5.74) is 6.06. The Labute approximate surface area is 99.6 Å². The first-order valence-corrected chi connectivity index (χ1v) is 5.39. The maximum absolute atomic E-state index is 11.7. The smallest absolute Gasteiger partial charge is 0.253 e. The quantitative estimate of drug-likeness (QED) is 0.653. The van der Waals surface area contributed by atoms with Crippen LogP contribution < -0.4 is 16.4 Å². The van der Waals surface area contributed by atoms with E-state index in [0.29, 0.717) is 11.3 Å². The van der Waals surface area contributed by atoms with Crippen molar-refractivity contribution in [2.45, 2.75) is 13.3 Å². The number of rotatable bonds is 6. The van der Waals surface area contributed by atoms with E-state index in [1.165, 1.54) is 6.20 Å². The summed E-state index contributed by atoms with van der Waals surface area (Å²) < 4.78 is 0. The molecule has 1 heterocycles. The van der Waals surface area contributed by atoms with Gasteiger partial charge in [0.25, 0.3) is 5.91 Å². The van der Waals surface area contributed by atoms with Gasteiger partial charge >= 0.3 is 0 Å². The van der Waals surface area contributed by atoms with Crippen LogP contribution in [0.3, 0.4) is 0 Å². The third kappa shape index (κ3) is 4.10. The highest BCUT2D eigenvalue weighted by Gasteiger charge is 2.11. The fraction of sp³-hybridized carbons (Fsp3) is 0.364. The summed E-state index contributed by atoms with van der Waals surface area (Å²) in [6.45, 7) is 2.60. The molecule has 0 aliphatic carbocycles. The number of pyridine rings is 1. The fourth-order valence-corrected chi connectivity index (χ4v) is 1.26. The van der Waals surface area contributed by atoms with Crippen molar-refractivity contribution in [1.82, 2.24) is 10.3 Å². The maximum Gasteiger partial charge on any atom is 0.253 e. The number of anilines is 1. The topological polar surface area (TPSA) is 97.1 Å². The van der Waals surface area contributed by atoms with Crippen LogP contribution >= 0.6 is 0 Å². The Kier molecular flexibility index (Phi) is 4.93. The summed E-state index contributed by atoms with van der Waals surface area (Å²) in [5.74, 6) is -0.916. The third-order valence-electron chi connectivity index (χ3n) is 2.05. The molecular weight excluding hydrogens is 220 g/mol. The molecule has 0 saturated carbocycles. The predicted molar refractivity (Wildman–Crippen MR) is 64.5 cm³/mol. The van der Waals surface area contributed by atoms with Crippen LogP contribution in [0.25, 0.3) is 0 Å². The highest BCUT2D eigenvalue weighted by molar-refractivity contribution is 6.00. The molecule has 2 amide bonds. The van der Waals surface area contributed by atoms with E-state index in [2.05, 4.69) is 15.6 Å². The molecule has 0 bridgehead atoms. The molecule has 1 aromatic heterocycles. The summed E-state index contributed by atoms with van der Waals surface area (Å²) in [6.07, 6.45) is 4.04. The summed E-state index contributed by atoms with van der Waals surface area (Å²) >= 11 is 0. The molecule has 1 rings (SSSR count). The SMILES string of the molecule is CCCNc1cnccc1C(=O)NCC(N)=O. The molecule has 0 spiro atoms. The first-order valence-electron chi connectivity index (χ1n) is 5.39. The van der Waals surface area contributed by atoms with Crippen molar-refractivity contribution >= 4 is 17.5 Å². The van der Waals surface area contributed by atoms with Crippen LogP contribution in [-0.2, 0) is 4.79 Å². The lowest BCUT2D eigenvalue weighted by molar-refractivity contribution is -0.117. The van der Waals surface area contributed by atoms with Gasteiger partial charge in [0.15, 0.2) is 0 Å². The lowest BCUT2D eigenvalue weighted by Gasteiger charge is -2.10. The van der Waals surface area contributed by atoms with Crippen molar-refractivity contribution in [3.63, 3.8) is 0 Å². The monoisotopic (exact) mass is 236 g/mol. The fourth-order valence-electron chi connectivity index (χ4n) is 1.26. The molecular formula is C11H16N4O2. The zero-order chi connectivity index (χ0) is 12.7. The molecule has 4 N–H and O–H groups in total. The van der Waals surface area contributed by atoms with E-state index in [-0.39, 0.29) is 12.5 Å². The molecule has 6 heteroatoms. The normalized spacial score (nSPS) is 9.71. The number of primary amides is 1. The van der Waals surface area contributed by atoms with E-state index in [4.69, 9.17) is 5.73 Å². The summed E-state index contributed by atoms with van der Waals surface area (Å²) in [6, 6.07) is 1.59. The number of hydrogen-bond acceptors (Lipinski definition) is 4. The van der Waals surface area contributed by atoms with Gasteiger partial charge in [-0.05, 0) is 12.5 Å². The molecule has 0 saturated heterocycles. The molecule has 0 atom stereocenters. The van der Waals surface area contributed by atoms with Gasteiger partial charge in [-0.1, -0.05) is 6.92 Å². The second-order valence-corrected chi connectivity index (χ2v) is 3.50. The molecule has 0 unspecified atom stereocenters.